The molecule has 0 aliphatic carbocycles. The van der Waals surface area contributed by atoms with Crippen LogP contribution in [0.3, 0.4) is 0 Å². The highest BCUT2D eigenvalue weighted by molar-refractivity contribution is 6.75. The Hall–Kier alpha value is 0.720. The highest BCUT2D eigenvalue weighted by Gasteiger charge is 2.58. The van der Waals surface area contributed by atoms with Crippen LogP contribution in [0.1, 0.15) is 34.1 Å². The van der Waals surface area contributed by atoms with Crippen LogP contribution in [0.5, 0.6) is 0 Å². The summed E-state index contributed by atoms with van der Waals surface area (Å²) in [6, 6.07) is 0. The van der Waals surface area contributed by atoms with Crippen LogP contribution in [0.4, 0.5) is 0 Å². The summed E-state index contributed by atoms with van der Waals surface area (Å²) in [6.07, 6.45) is 2.04. The van der Waals surface area contributed by atoms with E-state index in [0.29, 0.717) is 6.54 Å². The Morgan fingerprint density at radius 1 is 1.11 bits per heavy atom. The number of alkyl halides is 5. The van der Waals surface area contributed by atoms with Crippen molar-refractivity contribution in [2.24, 2.45) is 5.10 Å². The van der Waals surface area contributed by atoms with Gasteiger partial charge in [-0.1, -0.05) is 64.9 Å². The molecule has 112 valence electrons. The summed E-state index contributed by atoms with van der Waals surface area (Å²) < 4.78 is -3.44. The summed E-state index contributed by atoms with van der Waals surface area (Å²) in [5, 5.41) is 6.08. The van der Waals surface area contributed by atoms with Crippen LogP contribution >= 0.6 is 58.0 Å². The van der Waals surface area contributed by atoms with Crippen molar-refractivity contribution in [1.29, 1.82) is 0 Å². The van der Waals surface area contributed by atoms with Crippen LogP contribution in [0.2, 0.25) is 0 Å². The summed E-state index contributed by atoms with van der Waals surface area (Å²) in [5.41, 5.74) is -0.248. The molecule has 1 rings (SSSR count). The topological polar surface area (TPSA) is 18.8 Å². The van der Waals surface area contributed by atoms with E-state index >= 15 is 0 Å². The second-order valence-electron chi connectivity index (χ2n) is 5.47. The van der Waals surface area contributed by atoms with E-state index in [-0.39, 0.29) is 5.54 Å². The molecule has 0 saturated carbocycles. The van der Waals surface area contributed by atoms with Crippen LogP contribution in [-0.4, -0.2) is 42.6 Å². The fourth-order valence-electron chi connectivity index (χ4n) is 1.85. The van der Waals surface area contributed by atoms with Gasteiger partial charge in [0.2, 0.25) is 8.13 Å². The SMILES string of the molecule is CCCN1N=CN(C(C)(C)C)C1C(Cl)(Cl)C(Cl)(Cl)Cl. The summed E-state index contributed by atoms with van der Waals surface area (Å²) in [4.78, 5) is 1.91. The molecular weight excluding hydrogens is 351 g/mol. The van der Waals surface area contributed by atoms with Gasteiger partial charge in [0, 0.05) is 12.1 Å². The molecule has 19 heavy (non-hydrogen) atoms. The molecule has 0 amide bonds. The zero-order valence-electron chi connectivity index (χ0n) is 11.3. The number of nitrogens with zero attached hydrogens (tertiary/aromatic N) is 3. The molecule has 3 nitrogen and oxygen atoms in total. The minimum atomic E-state index is -1.83. The summed E-state index contributed by atoms with van der Waals surface area (Å²) >= 11 is 30.5. The minimum absolute atomic E-state index is 0.248. The first-order chi connectivity index (χ1) is 8.43. The number of hydrazone groups is 1. The third-order valence-corrected chi connectivity index (χ3v) is 5.23. The first kappa shape index (κ1) is 17.8. The van der Waals surface area contributed by atoms with Gasteiger partial charge in [-0.3, -0.25) is 5.01 Å². The average molecular weight is 370 g/mol. The van der Waals surface area contributed by atoms with E-state index < -0.39 is 14.3 Å². The van der Waals surface area contributed by atoms with Gasteiger partial charge in [0.15, 0.2) is 6.17 Å². The van der Waals surface area contributed by atoms with E-state index in [1.54, 1.807) is 11.3 Å². The third-order valence-electron chi connectivity index (χ3n) is 2.80. The highest BCUT2D eigenvalue weighted by atomic mass is 35.6. The van der Waals surface area contributed by atoms with Gasteiger partial charge < -0.3 is 4.90 Å². The first-order valence-corrected chi connectivity index (χ1v) is 7.85. The Balaban J connectivity index is 3.15. The summed E-state index contributed by atoms with van der Waals surface area (Å²) in [7, 11) is 0. The number of rotatable bonds is 3. The molecule has 1 aliphatic rings. The molecular formula is C11H18Cl5N3. The normalized spacial score (nSPS) is 21.4. The minimum Gasteiger partial charge on any atom is -0.332 e. The Bertz CT molecular complexity index is 345. The maximum absolute atomic E-state index is 6.36. The molecule has 0 fully saturated rings. The van der Waals surface area contributed by atoms with Gasteiger partial charge in [0.05, 0.1) is 0 Å². The predicted molar refractivity (Wildman–Crippen MR) is 85.6 cm³/mol. The lowest BCUT2D eigenvalue weighted by Crippen LogP contribution is -2.61. The molecule has 1 aliphatic heterocycles. The molecule has 0 aromatic carbocycles. The monoisotopic (exact) mass is 367 g/mol. The fourth-order valence-corrected chi connectivity index (χ4v) is 2.58. The van der Waals surface area contributed by atoms with E-state index in [1.165, 1.54) is 0 Å². The molecule has 0 spiro atoms. The quantitative estimate of drug-likeness (QED) is 0.676. The van der Waals surface area contributed by atoms with Crippen LogP contribution in [0.15, 0.2) is 5.10 Å². The van der Waals surface area contributed by atoms with E-state index in [4.69, 9.17) is 58.0 Å². The van der Waals surface area contributed by atoms with Gasteiger partial charge in [-0.25, -0.2) is 0 Å². The summed E-state index contributed by atoms with van der Waals surface area (Å²) in [6.45, 7) is 8.76. The Morgan fingerprint density at radius 3 is 2.00 bits per heavy atom. The third kappa shape index (κ3) is 3.68. The van der Waals surface area contributed by atoms with Gasteiger partial charge >= 0.3 is 0 Å². The van der Waals surface area contributed by atoms with Crippen LogP contribution in [0.25, 0.3) is 0 Å². The Morgan fingerprint density at radius 2 is 1.63 bits per heavy atom. The van der Waals surface area contributed by atoms with Crippen molar-refractivity contribution in [3.05, 3.63) is 0 Å². The highest BCUT2D eigenvalue weighted by Crippen LogP contribution is 2.51. The molecule has 1 unspecified atom stereocenters. The molecule has 0 radical (unpaired) electrons. The van der Waals surface area contributed by atoms with E-state index in [9.17, 15) is 0 Å². The molecule has 1 atom stereocenters. The van der Waals surface area contributed by atoms with E-state index in [1.807, 2.05) is 32.6 Å². The molecule has 0 saturated heterocycles. The van der Waals surface area contributed by atoms with Gasteiger partial charge in [0.1, 0.15) is 6.34 Å². The molecule has 0 aromatic heterocycles. The van der Waals surface area contributed by atoms with Crippen LogP contribution in [0, 0.1) is 0 Å². The summed E-state index contributed by atoms with van der Waals surface area (Å²) in [5.74, 6) is 0. The van der Waals surface area contributed by atoms with Gasteiger partial charge in [0.25, 0.3) is 0 Å². The number of halogens is 5. The van der Waals surface area contributed by atoms with Crippen molar-refractivity contribution < 1.29 is 0 Å². The van der Waals surface area contributed by atoms with Gasteiger partial charge in [-0.15, -0.1) is 0 Å². The van der Waals surface area contributed by atoms with Crippen molar-refractivity contribution in [2.45, 2.75) is 53.9 Å². The maximum Gasteiger partial charge on any atom is 0.227 e. The van der Waals surface area contributed by atoms with Crippen LogP contribution in [-0.2, 0) is 0 Å². The predicted octanol–water partition coefficient (Wildman–Crippen LogP) is 4.63. The average Bonchev–Trinajstić information content (AvgIpc) is 2.60. The van der Waals surface area contributed by atoms with E-state index in [0.717, 1.165) is 6.42 Å². The fraction of sp³-hybridized carbons (Fsp3) is 0.909. The smallest absolute Gasteiger partial charge is 0.227 e. The molecule has 8 heteroatoms. The second-order valence-corrected chi connectivity index (χ2v) is 9.13. The van der Waals surface area contributed by atoms with E-state index in [2.05, 4.69) is 5.10 Å². The maximum atomic E-state index is 6.36. The van der Waals surface area contributed by atoms with Gasteiger partial charge in [-0.2, -0.15) is 5.10 Å². The number of hydrogen-bond donors (Lipinski definition) is 0. The van der Waals surface area contributed by atoms with Crippen molar-refractivity contribution in [1.82, 2.24) is 9.91 Å². The zero-order chi connectivity index (χ0) is 15.1. The zero-order valence-corrected chi connectivity index (χ0v) is 15.1. The van der Waals surface area contributed by atoms with Crippen molar-refractivity contribution >= 4 is 64.3 Å². The molecule has 1 heterocycles. The van der Waals surface area contributed by atoms with Crippen LogP contribution < -0.4 is 0 Å². The molecule has 0 N–H and O–H groups in total. The van der Waals surface area contributed by atoms with Crippen molar-refractivity contribution in [3.8, 4) is 0 Å². The van der Waals surface area contributed by atoms with Gasteiger partial charge in [-0.05, 0) is 27.2 Å². The first-order valence-electron chi connectivity index (χ1n) is 5.96. The number of hydrogen-bond acceptors (Lipinski definition) is 3. The standard InChI is InChI=1S/C11H18Cl5N3/c1-5-6-19-8(10(12,13)11(14,15)16)18(7-17-19)9(2,3)4/h7-8H,5-6H2,1-4H3. The molecule has 0 bridgehead atoms. The Kier molecular flexibility index (Phi) is 5.46. The Labute approximate surface area is 139 Å². The lowest BCUT2D eigenvalue weighted by molar-refractivity contribution is 0.0636. The van der Waals surface area contributed by atoms with Crippen molar-refractivity contribution in [3.63, 3.8) is 0 Å². The second kappa shape index (κ2) is 5.84. The lowest BCUT2D eigenvalue weighted by atomic mass is 10.1. The lowest BCUT2D eigenvalue weighted by Gasteiger charge is -2.46. The van der Waals surface area contributed by atoms with Crippen molar-refractivity contribution in [2.75, 3.05) is 6.54 Å². The molecule has 0 aromatic rings. The largest absolute Gasteiger partial charge is 0.332 e.